The van der Waals surface area contributed by atoms with Crippen molar-refractivity contribution in [2.45, 2.75) is 24.9 Å². The fourth-order valence-corrected chi connectivity index (χ4v) is 3.55. The topological polar surface area (TPSA) is 53.1 Å². The molecule has 2 heterocycles. The lowest BCUT2D eigenvalue weighted by Crippen LogP contribution is -2.41. The fourth-order valence-electron chi connectivity index (χ4n) is 3.55. The van der Waals surface area contributed by atoms with Gasteiger partial charge in [-0.2, -0.15) is 0 Å². The highest BCUT2D eigenvalue weighted by Crippen LogP contribution is 2.32. The maximum absolute atomic E-state index is 12.6. The Morgan fingerprint density at radius 3 is 2.67 bits per heavy atom. The van der Waals surface area contributed by atoms with Gasteiger partial charge in [-0.1, -0.05) is 18.2 Å². The molecule has 2 aliphatic rings. The molecule has 2 aliphatic heterocycles. The van der Waals surface area contributed by atoms with Crippen LogP contribution in [0, 0.1) is 0 Å². The molecule has 1 atom stereocenters. The first kappa shape index (κ1) is 16.6. The highest BCUT2D eigenvalue weighted by Gasteiger charge is 2.44. The van der Waals surface area contributed by atoms with E-state index in [-0.39, 0.29) is 12.0 Å². The van der Waals surface area contributed by atoms with Crippen molar-refractivity contribution in [1.82, 2.24) is 9.80 Å². The smallest absolute Gasteiger partial charge is 0.410 e. The van der Waals surface area contributed by atoms with Crippen LogP contribution >= 0.6 is 0 Å². The third-order valence-electron chi connectivity index (χ3n) is 4.96. The lowest BCUT2D eigenvalue weighted by atomic mass is 9.95. The molecule has 1 aromatic rings. The number of hydrogen-bond acceptors (Lipinski definition) is 4. The minimum absolute atomic E-state index is 0.121. The van der Waals surface area contributed by atoms with Gasteiger partial charge in [-0.25, -0.2) is 4.79 Å². The quantitative estimate of drug-likeness (QED) is 0.850. The molecule has 2 saturated heterocycles. The van der Waals surface area contributed by atoms with Gasteiger partial charge in [0.15, 0.2) is 0 Å². The Morgan fingerprint density at radius 2 is 2.00 bits per heavy atom. The summed E-state index contributed by atoms with van der Waals surface area (Å²) in [5.41, 5.74) is 0.620. The Bertz CT molecular complexity index is 607. The van der Waals surface area contributed by atoms with Crippen molar-refractivity contribution in [2.75, 3.05) is 45.2 Å². The van der Waals surface area contributed by atoms with Gasteiger partial charge < -0.3 is 19.4 Å². The van der Waals surface area contributed by atoms with Crippen LogP contribution in [0.15, 0.2) is 30.3 Å². The first-order chi connectivity index (χ1) is 11.5. The van der Waals surface area contributed by atoms with E-state index in [1.165, 1.54) is 0 Å². The van der Waals surface area contributed by atoms with Gasteiger partial charge in [-0.15, -0.1) is 0 Å². The van der Waals surface area contributed by atoms with Crippen LogP contribution < -0.4 is 4.90 Å². The molecule has 6 heteroatoms. The van der Waals surface area contributed by atoms with Gasteiger partial charge >= 0.3 is 6.09 Å². The lowest BCUT2D eigenvalue weighted by Gasteiger charge is -2.27. The van der Waals surface area contributed by atoms with Gasteiger partial charge in [0.05, 0.1) is 13.1 Å². The summed E-state index contributed by atoms with van der Waals surface area (Å²) in [6, 6.07) is 9.90. The third-order valence-corrected chi connectivity index (χ3v) is 4.96. The molecule has 0 aromatic heterocycles. The van der Waals surface area contributed by atoms with Gasteiger partial charge in [0.1, 0.15) is 5.60 Å². The number of anilines is 1. The molecule has 0 N–H and O–H groups in total. The average molecular weight is 331 g/mol. The van der Waals surface area contributed by atoms with E-state index in [1.807, 2.05) is 47.2 Å². The molecule has 0 bridgehead atoms. The first-order valence-electron chi connectivity index (χ1n) is 8.47. The summed E-state index contributed by atoms with van der Waals surface area (Å²) in [7, 11) is 3.69. The summed E-state index contributed by atoms with van der Waals surface area (Å²) in [6.07, 6.45) is 2.14. The molecular formula is C18H25N3O3. The van der Waals surface area contributed by atoms with E-state index in [4.69, 9.17) is 4.74 Å². The van der Waals surface area contributed by atoms with Crippen molar-refractivity contribution in [2.24, 2.45) is 0 Å². The maximum atomic E-state index is 12.6. The monoisotopic (exact) mass is 331 g/mol. The molecule has 0 aliphatic carbocycles. The van der Waals surface area contributed by atoms with Gasteiger partial charge in [0.2, 0.25) is 5.91 Å². The number of carbonyl (C=O) groups is 2. The van der Waals surface area contributed by atoms with Crippen LogP contribution in [0.2, 0.25) is 0 Å². The Morgan fingerprint density at radius 1 is 1.25 bits per heavy atom. The van der Waals surface area contributed by atoms with E-state index < -0.39 is 5.60 Å². The fraction of sp³-hybridized carbons (Fsp3) is 0.556. The number of amides is 2. The van der Waals surface area contributed by atoms with Gasteiger partial charge in [0, 0.05) is 39.3 Å². The predicted molar refractivity (Wildman–Crippen MR) is 92.0 cm³/mol. The largest absolute Gasteiger partial charge is 0.441 e. The summed E-state index contributed by atoms with van der Waals surface area (Å²) in [4.78, 5) is 29.8. The summed E-state index contributed by atoms with van der Waals surface area (Å²) >= 11 is 0. The van der Waals surface area contributed by atoms with Crippen molar-refractivity contribution in [3.63, 3.8) is 0 Å². The van der Waals surface area contributed by atoms with Crippen molar-refractivity contribution in [1.29, 1.82) is 0 Å². The lowest BCUT2D eigenvalue weighted by molar-refractivity contribution is -0.129. The Balaban J connectivity index is 1.58. The third kappa shape index (κ3) is 3.47. The summed E-state index contributed by atoms with van der Waals surface area (Å²) in [6.45, 7) is 2.35. The van der Waals surface area contributed by atoms with E-state index >= 15 is 0 Å². The van der Waals surface area contributed by atoms with Crippen LogP contribution in [-0.2, 0) is 9.53 Å². The zero-order valence-corrected chi connectivity index (χ0v) is 14.4. The van der Waals surface area contributed by atoms with Crippen LogP contribution in [0.1, 0.15) is 19.3 Å². The van der Waals surface area contributed by atoms with E-state index in [0.717, 1.165) is 25.1 Å². The predicted octanol–water partition coefficient (Wildman–Crippen LogP) is 1.96. The molecular weight excluding hydrogens is 306 g/mol. The molecule has 0 saturated carbocycles. The summed E-state index contributed by atoms with van der Waals surface area (Å²) < 4.78 is 5.60. The number of likely N-dealkylation sites (tertiary alicyclic amines) is 1. The minimum atomic E-state index is -0.411. The summed E-state index contributed by atoms with van der Waals surface area (Å²) in [5, 5.41) is 0. The number of carbonyl (C=O) groups excluding carboxylic acids is 2. The molecule has 0 radical (unpaired) electrons. The SMILES string of the molecule is CN1C[C@@]2(CCCN(C(=O)CN(C)c3ccccc3)CC2)OC1=O. The first-order valence-corrected chi connectivity index (χ1v) is 8.47. The van der Waals surface area contributed by atoms with Crippen LogP contribution in [-0.4, -0.2) is 67.7 Å². The second kappa shape index (κ2) is 6.71. The molecule has 1 aromatic carbocycles. The number of likely N-dealkylation sites (N-methyl/N-ethyl adjacent to an activating group) is 2. The van der Waals surface area contributed by atoms with Gasteiger partial charge in [0.25, 0.3) is 0 Å². The molecule has 2 amide bonds. The molecule has 0 unspecified atom stereocenters. The Kier molecular flexibility index (Phi) is 4.64. The van der Waals surface area contributed by atoms with Crippen LogP contribution in [0.5, 0.6) is 0 Å². The van der Waals surface area contributed by atoms with Crippen molar-refractivity contribution < 1.29 is 14.3 Å². The number of para-hydroxylation sites is 1. The number of benzene rings is 1. The second-order valence-electron chi connectivity index (χ2n) is 6.83. The second-order valence-corrected chi connectivity index (χ2v) is 6.83. The van der Waals surface area contributed by atoms with E-state index in [9.17, 15) is 9.59 Å². The van der Waals surface area contributed by atoms with Crippen molar-refractivity contribution in [3.8, 4) is 0 Å². The Hall–Kier alpha value is -2.24. The zero-order valence-electron chi connectivity index (χ0n) is 14.4. The maximum Gasteiger partial charge on any atom is 0.410 e. The average Bonchev–Trinajstić information content (AvgIpc) is 2.73. The van der Waals surface area contributed by atoms with Gasteiger partial charge in [-0.3, -0.25) is 4.79 Å². The van der Waals surface area contributed by atoms with Crippen LogP contribution in [0.25, 0.3) is 0 Å². The Labute approximate surface area is 143 Å². The molecule has 2 fully saturated rings. The molecule has 3 rings (SSSR count). The molecule has 130 valence electrons. The van der Waals surface area contributed by atoms with E-state index in [2.05, 4.69) is 0 Å². The number of rotatable bonds is 3. The highest BCUT2D eigenvalue weighted by molar-refractivity contribution is 5.81. The summed E-state index contributed by atoms with van der Waals surface area (Å²) in [5.74, 6) is 0.121. The molecule has 1 spiro atoms. The van der Waals surface area contributed by atoms with E-state index in [0.29, 0.717) is 26.1 Å². The van der Waals surface area contributed by atoms with Crippen molar-refractivity contribution in [3.05, 3.63) is 30.3 Å². The zero-order chi connectivity index (χ0) is 17.2. The van der Waals surface area contributed by atoms with Crippen LogP contribution in [0.3, 0.4) is 0 Å². The minimum Gasteiger partial charge on any atom is -0.441 e. The van der Waals surface area contributed by atoms with E-state index in [1.54, 1.807) is 11.9 Å². The normalized spacial score (nSPS) is 24.0. The number of ether oxygens (including phenoxy) is 1. The van der Waals surface area contributed by atoms with Crippen molar-refractivity contribution >= 4 is 17.7 Å². The standard InChI is InChI=1S/C18H25N3O3/c1-19(15-7-4-3-5-8-15)13-16(22)21-11-6-9-18(10-12-21)14-20(2)17(23)24-18/h3-5,7-8H,6,9-14H2,1-2H3/t18-/m0/s1. The number of hydrogen-bond donors (Lipinski definition) is 0. The van der Waals surface area contributed by atoms with Crippen LogP contribution in [0.4, 0.5) is 10.5 Å². The number of nitrogens with zero attached hydrogens (tertiary/aromatic N) is 3. The van der Waals surface area contributed by atoms with Gasteiger partial charge in [-0.05, 0) is 25.0 Å². The molecule has 6 nitrogen and oxygen atoms in total. The highest BCUT2D eigenvalue weighted by atomic mass is 16.6. The molecule has 24 heavy (non-hydrogen) atoms.